The number of aliphatic hydroxyl groups is 1. The summed E-state index contributed by atoms with van der Waals surface area (Å²) in [5, 5.41) is 18.5. The molecule has 0 aromatic heterocycles. The van der Waals surface area contributed by atoms with Crippen molar-refractivity contribution in [2.24, 2.45) is 0 Å². The molecule has 0 aromatic carbocycles. The van der Waals surface area contributed by atoms with Gasteiger partial charge in [-0.25, -0.2) is 4.79 Å². The number of allylic oxidation sites excluding steroid dienone is 1. The number of aliphatic carboxylic acids is 1. The van der Waals surface area contributed by atoms with E-state index in [-0.39, 0.29) is 19.0 Å². The van der Waals surface area contributed by atoms with Gasteiger partial charge in [-0.3, -0.25) is 9.59 Å². The minimum Gasteiger partial charge on any atom is -0.487 e. The molecule has 73 heavy (non-hydrogen) atoms. The highest BCUT2D eigenvalue weighted by Gasteiger charge is 2.10. The first-order valence-corrected chi connectivity index (χ1v) is 32.3. The molecular weight excluding hydrogens is 909 g/mol. The van der Waals surface area contributed by atoms with E-state index in [1.54, 1.807) is 0 Å². The standard InChI is InChI=1S/C64H124N2O7/c1-3-5-7-9-11-13-14-15-16-17-18-19-20-21-22-24-26-37-47-60-73-64(71)51-40-32-29-35-43-53-65(52-42-34-28-31-39-50-63(69)70)56-48-57-66(55-44-45-58-67)54-41-33-27-30-38-49-62(61-68)72-59-46-36-25-23-12-10-8-6-4-2/h67H,3-60H2,1-2H3,(H,69,70). The second kappa shape index (κ2) is 60.9. The van der Waals surface area contributed by atoms with Gasteiger partial charge in [0.2, 0.25) is 0 Å². The van der Waals surface area contributed by atoms with E-state index in [0.717, 1.165) is 136 Å². The molecule has 0 radical (unpaired) electrons. The molecular formula is C64H124N2O7. The van der Waals surface area contributed by atoms with Crippen LogP contribution in [0.5, 0.6) is 0 Å². The summed E-state index contributed by atoms with van der Waals surface area (Å²) < 4.78 is 11.4. The van der Waals surface area contributed by atoms with Gasteiger partial charge in [-0.2, -0.15) is 0 Å². The zero-order valence-electron chi connectivity index (χ0n) is 48.8. The number of hydrogen-bond donors (Lipinski definition) is 2. The first-order valence-electron chi connectivity index (χ1n) is 32.3. The number of nitrogens with zero attached hydrogens (tertiary/aromatic N) is 2. The highest BCUT2D eigenvalue weighted by atomic mass is 16.5. The molecule has 432 valence electrons. The maximum Gasteiger partial charge on any atom is 0.305 e. The molecule has 0 saturated carbocycles. The number of carboxylic acids is 1. The van der Waals surface area contributed by atoms with Crippen molar-refractivity contribution in [3.8, 4) is 0 Å². The van der Waals surface area contributed by atoms with Gasteiger partial charge in [-0.05, 0) is 110 Å². The van der Waals surface area contributed by atoms with E-state index >= 15 is 0 Å². The van der Waals surface area contributed by atoms with E-state index in [1.165, 1.54) is 199 Å². The molecule has 0 aliphatic rings. The Bertz CT molecular complexity index is 1180. The van der Waals surface area contributed by atoms with E-state index < -0.39 is 5.97 Å². The Balaban J connectivity index is 4.26. The first-order chi connectivity index (χ1) is 36.0. The highest BCUT2D eigenvalue weighted by molar-refractivity contribution is 5.69. The lowest BCUT2D eigenvalue weighted by Crippen LogP contribution is -2.32. The lowest BCUT2D eigenvalue weighted by molar-refractivity contribution is -0.144. The van der Waals surface area contributed by atoms with Crippen molar-refractivity contribution in [3.05, 3.63) is 5.76 Å². The van der Waals surface area contributed by atoms with Crippen molar-refractivity contribution < 1.29 is 34.1 Å². The van der Waals surface area contributed by atoms with Gasteiger partial charge in [0.1, 0.15) is 0 Å². The van der Waals surface area contributed by atoms with E-state index in [9.17, 15) is 19.5 Å². The summed E-state index contributed by atoms with van der Waals surface area (Å²) in [5.74, 6) is 1.84. The van der Waals surface area contributed by atoms with Crippen molar-refractivity contribution in [1.29, 1.82) is 0 Å². The van der Waals surface area contributed by atoms with Crippen LogP contribution in [0.15, 0.2) is 5.76 Å². The number of rotatable bonds is 63. The number of carbonyl (C=O) groups is 2. The zero-order valence-corrected chi connectivity index (χ0v) is 48.8. The van der Waals surface area contributed by atoms with Crippen molar-refractivity contribution in [2.75, 3.05) is 59.1 Å². The molecule has 9 heteroatoms. The third-order valence-corrected chi connectivity index (χ3v) is 15.1. The molecule has 0 amide bonds. The lowest BCUT2D eigenvalue weighted by atomic mass is 10.0. The Morgan fingerprint density at radius 2 is 0.630 bits per heavy atom. The number of hydrogen-bond acceptors (Lipinski definition) is 8. The second-order valence-electron chi connectivity index (χ2n) is 22.2. The van der Waals surface area contributed by atoms with Gasteiger partial charge in [0, 0.05) is 25.9 Å². The second-order valence-corrected chi connectivity index (χ2v) is 22.2. The third kappa shape index (κ3) is 57.6. The fourth-order valence-electron chi connectivity index (χ4n) is 10.3. The van der Waals surface area contributed by atoms with Crippen LogP contribution in [0, 0.1) is 0 Å². The Labute approximate surface area is 453 Å². The fraction of sp³-hybridized carbons (Fsp3) is 0.938. The molecule has 0 rings (SSSR count). The largest absolute Gasteiger partial charge is 0.487 e. The molecule has 0 saturated heterocycles. The van der Waals surface area contributed by atoms with Gasteiger partial charge in [0.25, 0.3) is 0 Å². The molecule has 9 nitrogen and oxygen atoms in total. The smallest absolute Gasteiger partial charge is 0.305 e. The SMILES string of the molecule is CCCCCCCCCCCCCCCCCCCCCOC(=O)CCCCCCCN(CCCCCCCC(=O)O)CCCN(CCCCO)CCCCCCCC(=C=O)OCCCCCCCCCCC. The van der Waals surface area contributed by atoms with Crippen LogP contribution in [0.4, 0.5) is 0 Å². The van der Waals surface area contributed by atoms with E-state index in [0.29, 0.717) is 31.8 Å². The summed E-state index contributed by atoms with van der Waals surface area (Å²) in [6.45, 7) is 12.5. The Kier molecular flexibility index (Phi) is 59.3. The first kappa shape index (κ1) is 71.1. The topological polar surface area (TPSA) is 117 Å². The van der Waals surface area contributed by atoms with Gasteiger partial charge >= 0.3 is 11.9 Å². The number of aliphatic hydroxyl groups excluding tert-OH is 1. The van der Waals surface area contributed by atoms with Gasteiger partial charge in [0.15, 0.2) is 11.7 Å². The van der Waals surface area contributed by atoms with Crippen LogP contribution in [0.3, 0.4) is 0 Å². The quantitative estimate of drug-likeness (QED) is 0.0266. The molecule has 2 N–H and O–H groups in total. The highest BCUT2D eigenvalue weighted by Crippen LogP contribution is 2.17. The lowest BCUT2D eigenvalue weighted by Gasteiger charge is -2.26. The summed E-state index contributed by atoms with van der Waals surface area (Å²) in [6, 6.07) is 0. The average Bonchev–Trinajstić information content (AvgIpc) is 3.38. The van der Waals surface area contributed by atoms with Crippen molar-refractivity contribution in [1.82, 2.24) is 9.80 Å². The van der Waals surface area contributed by atoms with Crippen molar-refractivity contribution in [2.45, 2.75) is 328 Å². The summed E-state index contributed by atoms with van der Waals surface area (Å²) in [7, 11) is 0. The van der Waals surface area contributed by atoms with Crippen LogP contribution in [-0.4, -0.2) is 97.0 Å². The molecule has 0 atom stereocenters. The van der Waals surface area contributed by atoms with Gasteiger partial charge < -0.3 is 29.5 Å². The Morgan fingerprint density at radius 3 is 0.986 bits per heavy atom. The maximum atomic E-state index is 12.4. The summed E-state index contributed by atoms with van der Waals surface area (Å²) in [4.78, 5) is 40.0. The van der Waals surface area contributed by atoms with Crippen molar-refractivity contribution >= 4 is 17.9 Å². The number of esters is 1. The Morgan fingerprint density at radius 1 is 0.342 bits per heavy atom. The van der Waals surface area contributed by atoms with Crippen LogP contribution < -0.4 is 0 Å². The molecule has 0 aliphatic heterocycles. The van der Waals surface area contributed by atoms with Crippen LogP contribution >= 0.6 is 0 Å². The molecule has 0 aromatic rings. The van der Waals surface area contributed by atoms with Crippen molar-refractivity contribution in [3.63, 3.8) is 0 Å². The number of unbranched alkanes of at least 4 members (excludes halogenated alkanes) is 39. The Hall–Kier alpha value is -1.93. The maximum absolute atomic E-state index is 12.4. The minimum absolute atomic E-state index is 0.0236. The number of carboxylic acid groups (broad SMARTS) is 1. The monoisotopic (exact) mass is 1030 g/mol. The third-order valence-electron chi connectivity index (χ3n) is 15.1. The van der Waals surface area contributed by atoms with E-state index in [4.69, 9.17) is 14.6 Å². The van der Waals surface area contributed by atoms with E-state index in [2.05, 4.69) is 29.6 Å². The van der Waals surface area contributed by atoms with Crippen LogP contribution in [0.25, 0.3) is 0 Å². The van der Waals surface area contributed by atoms with Crippen LogP contribution in [0.1, 0.15) is 328 Å². The summed E-state index contributed by atoms with van der Waals surface area (Å²) in [5.41, 5.74) is 0. The van der Waals surface area contributed by atoms with Gasteiger partial charge in [0.05, 0.1) is 13.2 Å². The molecule has 0 spiro atoms. The predicted molar refractivity (Wildman–Crippen MR) is 311 cm³/mol. The zero-order chi connectivity index (χ0) is 53.0. The summed E-state index contributed by atoms with van der Waals surface area (Å²) in [6.07, 6.45) is 58.3. The molecule has 0 heterocycles. The number of carbonyl (C=O) groups excluding carboxylic acids is 2. The normalized spacial score (nSPS) is 11.5. The summed E-state index contributed by atoms with van der Waals surface area (Å²) >= 11 is 0. The molecule has 0 aliphatic carbocycles. The molecule has 0 unspecified atom stereocenters. The minimum atomic E-state index is -0.694. The van der Waals surface area contributed by atoms with E-state index in [1.807, 2.05) is 0 Å². The average molecular weight is 1030 g/mol. The van der Waals surface area contributed by atoms with Gasteiger partial charge in [-0.1, -0.05) is 239 Å². The fourth-order valence-corrected chi connectivity index (χ4v) is 10.3. The van der Waals surface area contributed by atoms with Gasteiger partial charge in [-0.15, -0.1) is 0 Å². The molecule has 0 fully saturated rings. The van der Waals surface area contributed by atoms with Crippen LogP contribution in [0.2, 0.25) is 0 Å². The number of ether oxygens (including phenoxy) is 2. The van der Waals surface area contributed by atoms with Crippen LogP contribution in [-0.2, 0) is 23.9 Å². The molecule has 0 bridgehead atoms. The predicted octanol–water partition coefficient (Wildman–Crippen LogP) is 18.1.